The number of nitrogens with one attached hydrogen (secondary N) is 1. The summed E-state index contributed by atoms with van der Waals surface area (Å²) in [5.41, 5.74) is 2.01. The molecule has 4 rings (SSSR count). The first-order valence-electron chi connectivity index (χ1n) is 10.2. The van der Waals surface area contributed by atoms with Gasteiger partial charge in [0.2, 0.25) is 0 Å². The van der Waals surface area contributed by atoms with Crippen molar-refractivity contribution in [2.45, 2.75) is 6.92 Å². The number of hydrogen-bond donors (Lipinski definition) is 1. The summed E-state index contributed by atoms with van der Waals surface area (Å²) in [5.74, 6) is -1.97. The van der Waals surface area contributed by atoms with E-state index in [0.717, 1.165) is 10.5 Å². The van der Waals surface area contributed by atoms with Crippen molar-refractivity contribution < 1.29 is 28.7 Å². The molecule has 1 heterocycles. The maximum Gasteiger partial charge on any atom is 0.338 e. The second-order valence-corrected chi connectivity index (χ2v) is 7.95. The summed E-state index contributed by atoms with van der Waals surface area (Å²) in [5, 5.41) is 3.10. The molecule has 3 aromatic rings. The Morgan fingerprint density at radius 2 is 1.65 bits per heavy atom. The van der Waals surface area contributed by atoms with Crippen molar-refractivity contribution in [1.82, 2.24) is 0 Å². The first-order chi connectivity index (χ1) is 16.3. The molecule has 0 atom stereocenters. The molecule has 0 spiro atoms. The van der Waals surface area contributed by atoms with Crippen molar-refractivity contribution >= 4 is 46.7 Å². The maximum absolute atomic E-state index is 12.9. The number of carbonyl (C=O) groups excluding carboxylic acids is 4. The maximum atomic E-state index is 12.9. The minimum Gasteiger partial charge on any atom is -0.495 e. The number of esters is 1. The quantitative estimate of drug-likeness (QED) is 0.419. The van der Waals surface area contributed by atoms with Crippen LogP contribution in [0, 0.1) is 6.92 Å². The van der Waals surface area contributed by atoms with Crippen molar-refractivity contribution in [2.24, 2.45) is 0 Å². The first kappa shape index (κ1) is 23.0. The average Bonchev–Trinajstić information content (AvgIpc) is 3.07. The standard InChI is InChI=1S/C25H19ClN2O6/c1-14-3-10-21(33-2)20(11-14)27-22(29)13-34-25(32)15-4-9-18-19(12-15)24(31)28(23(18)30)17-7-5-16(26)6-8-17/h3-12H,13H2,1-2H3,(H,27,29). The van der Waals surface area contributed by atoms with Gasteiger partial charge >= 0.3 is 5.97 Å². The van der Waals surface area contributed by atoms with Gasteiger partial charge in [-0.2, -0.15) is 0 Å². The number of carbonyl (C=O) groups is 4. The Kier molecular flexibility index (Phi) is 6.34. The van der Waals surface area contributed by atoms with Gasteiger partial charge in [0.05, 0.1) is 35.2 Å². The number of methoxy groups -OCH3 is 1. The number of amides is 3. The molecule has 3 aromatic carbocycles. The van der Waals surface area contributed by atoms with Crippen LogP contribution in [0.2, 0.25) is 5.02 Å². The van der Waals surface area contributed by atoms with Gasteiger partial charge in [-0.1, -0.05) is 17.7 Å². The lowest BCUT2D eigenvalue weighted by molar-refractivity contribution is -0.119. The van der Waals surface area contributed by atoms with E-state index in [0.29, 0.717) is 22.1 Å². The van der Waals surface area contributed by atoms with Crippen LogP contribution >= 0.6 is 11.6 Å². The predicted molar refractivity (Wildman–Crippen MR) is 126 cm³/mol. The van der Waals surface area contributed by atoms with Gasteiger partial charge in [0.15, 0.2) is 6.61 Å². The highest BCUT2D eigenvalue weighted by Gasteiger charge is 2.37. The van der Waals surface area contributed by atoms with Crippen molar-refractivity contribution in [3.63, 3.8) is 0 Å². The zero-order chi connectivity index (χ0) is 24.4. The Labute approximate surface area is 200 Å². The molecule has 1 aliphatic rings. The third-order valence-corrected chi connectivity index (χ3v) is 5.42. The first-order valence-corrected chi connectivity index (χ1v) is 10.6. The summed E-state index contributed by atoms with van der Waals surface area (Å²) in [7, 11) is 1.48. The van der Waals surface area contributed by atoms with E-state index in [1.807, 2.05) is 13.0 Å². The molecule has 9 heteroatoms. The van der Waals surface area contributed by atoms with Crippen LogP contribution in [0.3, 0.4) is 0 Å². The van der Waals surface area contributed by atoms with Crippen molar-refractivity contribution in [3.8, 4) is 5.75 Å². The van der Waals surface area contributed by atoms with Gasteiger partial charge in [0, 0.05) is 5.02 Å². The molecule has 34 heavy (non-hydrogen) atoms. The van der Waals surface area contributed by atoms with Crippen molar-refractivity contribution in [2.75, 3.05) is 23.9 Å². The van der Waals surface area contributed by atoms with Crippen LogP contribution in [0.5, 0.6) is 5.75 Å². The third-order valence-electron chi connectivity index (χ3n) is 5.17. The summed E-state index contributed by atoms with van der Waals surface area (Å²) in [4.78, 5) is 51.4. The lowest BCUT2D eigenvalue weighted by atomic mass is 10.1. The summed E-state index contributed by atoms with van der Waals surface area (Å²) >= 11 is 5.88. The summed E-state index contributed by atoms with van der Waals surface area (Å²) < 4.78 is 10.3. The molecule has 0 saturated carbocycles. The molecule has 0 bridgehead atoms. The van der Waals surface area contributed by atoms with Crippen molar-refractivity contribution in [1.29, 1.82) is 0 Å². The Morgan fingerprint density at radius 3 is 2.35 bits per heavy atom. The molecule has 0 saturated heterocycles. The smallest absolute Gasteiger partial charge is 0.338 e. The molecule has 0 unspecified atom stereocenters. The number of rotatable bonds is 6. The molecule has 0 fully saturated rings. The number of hydrogen-bond acceptors (Lipinski definition) is 6. The van der Waals surface area contributed by atoms with E-state index < -0.39 is 30.3 Å². The Hall–Kier alpha value is -4.17. The van der Waals surface area contributed by atoms with Gasteiger partial charge in [-0.25, -0.2) is 9.69 Å². The molecule has 8 nitrogen and oxygen atoms in total. The zero-order valence-electron chi connectivity index (χ0n) is 18.3. The number of benzene rings is 3. The van der Waals surface area contributed by atoms with E-state index in [4.69, 9.17) is 21.1 Å². The molecule has 0 aliphatic carbocycles. The van der Waals surface area contributed by atoms with Crippen LogP contribution in [0.15, 0.2) is 60.7 Å². The van der Waals surface area contributed by atoms with E-state index >= 15 is 0 Å². The molecule has 3 amide bonds. The highest BCUT2D eigenvalue weighted by Crippen LogP contribution is 2.30. The Balaban J connectivity index is 1.45. The highest BCUT2D eigenvalue weighted by atomic mass is 35.5. The zero-order valence-corrected chi connectivity index (χ0v) is 19.0. The topological polar surface area (TPSA) is 102 Å². The van der Waals surface area contributed by atoms with E-state index in [1.54, 1.807) is 36.4 Å². The number of halogens is 1. The van der Waals surface area contributed by atoms with E-state index in [-0.39, 0.29) is 16.7 Å². The predicted octanol–water partition coefficient (Wildman–Crippen LogP) is 4.25. The lowest BCUT2D eigenvalue weighted by Crippen LogP contribution is -2.29. The van der Waals surface area contributed by atoms with Gasteiger partial charge < -0.3 is 14.8 Å². The van der Waals surface area contributed by atoms with Crippen LogP contribution < -0.4 is 15.0 Å². The molecule has 0 radical (unpaired) electrons. The van der Waals surface area contributed by atoms with E-state index in [2.05, 4.69) is 5.32 Å². The van der Waals surface area contributed by atoms with Gasteiger partial charge in [-0.05, 0) is 67.1 Å². The van der Waals surface area contributed by atoms with Gasteiger partial charge in [0.25, 0.3) is 17.7 Å². The Bertz CT molecular complexity index is 1320. The van der Waals surface area contributed by atoms with Crippen LogP contribution in [0.25, 0.3) is 0 Å². The minimum atomic E-state index is -0.806. The number of nitrogens with zero attached hydrogens (tertiary/aromatic N) is 1. The average molecular weight is 479 g/mol. The molecule has 172 valence electrons. The van der Waals surface area contributed by atoms with E-state index in [9.17, 15) is 19.2 Å². The lowest BCUT2D eigenvalue weighted by Gasteiger charge is -2.13. The van der Waals surface area contributed by atoms with Gasteiger partial charge in [0.1, 0.15) is 5.75 Å². The number of anilines is 2. The summed E-state index contributed by atoms with van der Waals surface area (Å²) in [6.45, 7) is 1.32. The summed E-state index contributed by atoms with van der Waals surface area (Å²) in [6, 6.07) is 15.6. The molecule has 1 N–H and O–H groups in total. The molecule has 1 aliphatic heterocycles. The van der Waals surface area contributed by atoms with Crippen LogP contribution in [-0.4, -0.2) is 37.4 Å². The Morgan fingerprint density at radius 1 is 0.941 bits per heavy atom. The summed E-state index contributed by atoms with van der Waals surface area (Å²) in [6.07, 6.45) is 0. The number of aryl methyl sites for hydroxylation is 1. The van der Waals surface area contributed by atoms with Crippen LogP contribution in [0.4, 0.5) is 11.4 Å². The van der Waals surface area contributed by atoms with Crippen molar-refractivity contribution in [3.05, 3.63) is 87.9 Å². The third kappa shape index (κ3) is 4.49. The number of fused-ring (bicyclic) bond motifs is 1. The highest BCUT2D eigenvalue weighted by molar-refractivity contribution is 6.35. The fourth-order valence-electron chi connectivity index (χ4n) is 3.51. The molecular weight excluding hydrogens is 460 g/mol. The van der Waals surface area contributed by atoms with Gasteiger partial charge in [-0.3, -0.25) is 14.4 Å². The second kappa shape index (κ2) is 9.36. The normalized spacial score (nSPS) is 12.4. The second-order valence-electron chi connectivity index (χ2n) is 7.51. The minimum absolute atomic E-state index is 0.0405. The molecule has 0 aromatic heterocycles. The monoisotopic (exact) mass is 478 g/mol. The fraction of sp³-hybridized carbons (Fsp3) is 0.120. The fourth-order valence-corrected chi connectivity index (χ4v) is 3.64. The SMILES string of the molecule is COc1ccc(C)cc1NC(=O)COC(=O)c1ccc2c(c1)C(=O)N(c1ccc(Cl)cc1)C2=O. The van der Waals surface area contributed by atoms with Crippen LogP contribution in [0.1, 0.15) is 36.6 Å². The largest absolute Gasteiger partial charge is 0.495 e. The number of imide groups is 1. The number of ether oxygens (including phenoxy) is 2. The van der Waals surface area contributed by atoms with Crippen LogP contribution in [-0.2, 0) is 9.53 Å². The van der Waals surface area contributed by atoms with Gasteiger partial charge in [-0.15, -0.1) is 0 Å². The van der Waals surface area contributed by atoms with E-state index in [1.165, 1.54) is 25.3 Å². The molecular formula is C25H19ClN2O6.